The Morgan fingerprint density at radius 1 is 1.03 bits per heavy atom. The topological polar surface area (TPSA) is 93.9 Å². The Balaban J connectivity index is 1.71. The van der Waals surface area contributed by atoms with Crippen molar-refractivity contribution in [1.29, 1.82) is 0 Å². The molecule has 0 saturated carbocycles. The molecule has 8 nitrogen and oxygen atoms in total. The molecule has 0 aliphatic carbocycles. The number of amides is 1. The summed E-state index contributed by atoms with van der Waals surface area (Å²) < 4.78 is 13.2. The highest BCUT2D eigenvalue weighted by atomic mass is 16.5. The van der Waals surface area contributed by atoms with Crippen molar-refractivity contribution in [3.05, 3.63) is 84.0 Å². The van der Waals surface area contributed by atoms with Crippen molar-refractivity contribution in [2.45, 2.75) is 39.3 Å². The van der Waals surface area contributed by atoms with Gasteiger partial charge in [0.25, 0.3) is 11.7 Å². The molecule has 0 radical (unpaired) electrons. The zero-order chi connectivity index (χ0) is 25.5. The van der Waals surface area contributed by atoms with Crippen LogP contribution in [0.5, 0.6) is 11.5 Å². The van der Waals surface area contributed by atoms with E-state index in [9.17, 15) is 14.7 Å². The van der Waals surface area contributed by atoms with Gasteiger partial charge in [0.15, 0.2) is 0 Å². The summed E-state index contributed by atoms with van der Waals surface area (Å²) in [5.41, 5.74) is 1.22. The van der Waals surface area contributed by atoms with Crippen molar-refractivity contribution < 1.29 is 24.2 Å². The van der Waals surface area contributed by atoms with E-state index in [1.54, 1.807) is 36.8 Å². The summed E-state index contributed by atoms with van der Waals surface area (Å²) >= 11 is 0. The highest BCUT2D eigenvalue weighted by molar-refractivity contribution is 6.46. The fourth-order valence-electron chi connectivity index (χ4n) is 4.33. The third-order valence-corrected chi connectivity index (χ3v) is 6.00. The Morgan fingerprint density at radius 3 is 2.53 bits per heavy atom. The lowest BCUT2D eigenvalue weighted by molar-refractivity contribution is -0.139. The maximum Gasteiger partial charge on any atom is 0.295 e. The van der Waals surface area contributed by atoms with Gasteiger partial charge in [0.05, 0.1) is 31.2 Å². The Morgan fingerprint density at radius 2 is 1.83 bits per heavy atom. The van der Waals surface area contributed by atoms with E-state index in [-0.39, 0.29) is 11.3 Å². The van der Waals surface area contributed by atoms with E-state index in [0.29, 0.717) is 55.4 Å². The average Bonchev–Trinajstić information content (AvgIpc) is 3.50. The summed E-state index contributed by atoms with van der Waals surface area (Å²) in [5.74, 6) is -0.226. The molecule has 1 aromatic heterocycles. The smallest absolute Gasteiger partial charge is 0.295 e. The number of aryl methyl sites for hydroxylation is 1. The first-order chi connectivity index (χ1) is 17.5. The molecular formula is C28H31N3O5. The lowest BCUT2D eigenvalue weighted by Crippen LogP contribution is -2.31. The quantitative estimate of drug-likeness (QED) is 0.241. The van der Waals surface area contributed by atoms with Gasteiger partial charge in [-0.15, -0.1) is 0 Å². The van der Waals surface area contributed by atoms with E-state index in [1.807, 2.05) is 48.9 Å². The first kappa shape index (κ1) is 25.0. The van der Waals surface area contributed by atoms with E-state index in [2.05, 4.69) is 4.98 Å². The van der Waals surface area contributed by atoms with E-state index in [1.165, 1.54) is 4.90 Å². The van der Waals surface area contributed by atoms with Crippen LogP contribution in [-0.2, 0) is 16.1 Å². The van der Waals surface area contributed by atoms with Gasteiger partial charge in [-0.2, -0.15) is 0 Å². The number of ether oxygens (including phenoxy) is 2. The van der Waals surface area contributed by atoms with Gasteiger partial charge in [-0.3, -0.25) is 9.59 Å². The number of hydrogen-bond donors (Lipinski definition) is 1. The Labute approximate surface area is 210 Å². The molecule has 2 heterocycles. The van der Waals surface area contributed by atoms with Gasteiger partial charge in [-0.25, -0.2) is 4.98 Å². The standard InChI is InChI=1S/C28H31N3O5/c1-3-17-36-23-8-5-7-21(18-23)25-24(26(32)20-9-11-22(12-10-20)35-4-2)27(33)28(34)31(25)15-6-14-30-16-13-29-19-30/h5,7-13,16,18-19,25,32H,3-4,6,14-15,17H2,1-2H3/t25-/m0/s1. The van der Waals surface area contributed by atoms with Gasteiger partial charge in [0, 0.05) is 31.0 Å². The predicted octanol–water partition coefficient (Wildman–Crippen LogP) is 4.58. The van der Waals surface area contributed by atoms with E-state index < -0.39 is 17.7 Å². The van der Waals surface area contributed by atoms with Crippen LogP contribution in [0.25, 0.3) is 5.76 Å². The highest BCUT2D eigenvalue weighted by Crippen LogP contribution is 2.40. The van der Waals surface area contributed by atoms with Crippen LogP contribution in [0.15, 0.2) is 72.8 Å². The van der Waals surface area contributed by atoms with Crippen LogP contribution in [0.1, 0.15) is 43.9 Å². The number of hydrogen-bond acceptors (Lipinski definition) is 6. The van der Waals surface area contributed by atoms with Crippen molar-refractivity contribution in [3.8, 4) is 11.5 Å². The van der Waals surface area contributed by atoms with Gasteiger partial charge in [-0.1, -0.05) is 19.1 Å². The highest BCUT2D eigenvalue weighted by Gasteiger charge is 2.45. The zero-order valence-electron chi connectivity index (χ0n) is 20.6. The van der Waals surface area contributed by atoms with Gasteiger partial charge in [0.1, 0.15) is 17.3 Å². The fraction of sp³-hybridized carbons (Fsp3) is 0.321. The molecule has 1 fully saturated rings. The molecule has 0 bridgehead atoms. The molecule has 3 aromatic rings. The Kier molecular flexibility index (Phi) is 8.05. The third-order valence-electron chi connectivity index (χ3n) is 6.00. The van der Waals surface area contributed by atoms with Crippen LogP contribution in [0.4, 0.5) is 0 Å². The molecule has 1 atom stereocenters. The number of benzene rings is 2. The summed E-state index contributed by atoms with van der Waals surface area (Å²) in [4.78, 5) is 32.0. The SMILES string of the molecule is CCCOc1cccc([C@H]2C(=C(O)c3ccc(OCC)cc3)C(=O)C(=O)N2CCCn2ccnc2)c1. The Bertz CT molecular complexity index is 1220. The first-order valence-corrected chi connectivity index (χ1v) is 12.2. The summed E-state index contributed by atoms with van der Waals surface area (Å²) in [6.45, 7) is 5.98. The number of rotatable bonds is 11. The summed E-state index contributed by atoms with van der Waals surface area (Å²) in [6.07, 6.45) is 6.74. The second kappa shape index (κ2) is 11.6. The predicted molar refractivity (Wildman–Crippen MR) is 136 cm³/mol. The molecule has 2 aromatic carbocycles. The number of likely N-dealkylation sites (tertiary alicyclic amines) is 1. The molecule has 36 heavy (non-hydrogen) atoms. The summed E-state index contributed by atoms with van der Waals surface area (Å²) in [6, 6.07) is 13.5. The largest absolute Gasteiger partial charge is 0.507 e. The molecule has 1 saturated heterocycles. The zero-order valence-corrected chi connectivity index (χ0v) is 20.6. The molecule has 4 rings (SSSR count). The number of carbonyl (C=O) groups is 2. The van der Waals surface area contributed by atoms with Crippen LogP contribution >= 0.6 is 0 Å². The van der Waals surface area contributed by atoms with Gasteiger partial charge in [-0.05, 0) is 61.7 Å². The van der Waals surface area contributed by atoms with E-state index >= 15 is 0 Å². The van der Waals surface area contributed by atoms with Crippen LogP contribution in [0.3, 0.4) is 0 Å². The number of Topliss-reactive ketones (excluding diaryl/α,β-unsaturated/α-hetero) is 1. The maximum atomic E-state index is 13.3. The van der Waals surface area contributed by atoms with Crippen LogP contribution in [-0.4, -0.2) is 51.0 Å². The third kappa shape index (κ3) is 5.43. The number of nitrogens with zero attached hydrogens (tertiary/aromatic N) is 3. The maximum absolute atomic E-state index is 13.3. The second-order valence-corrected chi connectivity index (χ2v) is 8.52. The van der Waals surface area contributed by atoms with Gasteiger partial charge < -0.3 is 24.0 Å². The van der Waals surface area contributed by atoms with Crippen molar-refractivity contribution in [3.63, 3.8) is 0 Å². The molecular weight excluding hydrogens is 458 g/mol. The normalized spacial score (nSPS) is 16.9. The molecule has 1 N–H and O–H groups in total. The fourth-order valence-corrected chi connectivity index (χ4v) is 4.33. The van der Waals surface area contributed by atoms with Gasteiger partial charge >= 0.3 is 0 Å². The molecule has 188 valence electrons. The molecule has 1 amide bonds. The van der Waals surface area contributed by atoms with E-state index in [4.69, 9.17) is 9.47 Å². The average molecular weight is 490 g/mol. The number of imidazole rings is 1. The Hall–Kier alpha value is -4.07. The summed E-state index contributed by atoms with van der Waals surface area (Å²) in [5, 5.41) is 11.3. The summed E-state index contributed by atoms with van der Waals surface area (Å²) in [7, 11) is 0. The van der Waals surface area contributed by atoms with Crippen molar-refractivity contribution >= 4 is 17.4 Å². The van der Waals surface area contributed by atoms with E-state index in [0.717, 1.165) is 6.42 Å². The monoisotopic (exact) mass is 489 g/mol. The minimum atomic E-state index is -0.732. The lowest BCUT2D eigenvalue weighted by Gasteiger charge is -2.26. The minimum Gasteiger partial charge on any atom is -0.507 e. The number of aliphatic hydroxyl groups excluding tert-OH is 1. The van der Waals surface area contributed by atoms with Crippen LogP contribution in [0, 0.1) is 0 Å². The number of ketones is 1. The number of aromatic nitrogens is 2. The van der Waals surface area contributed by atoms with Crippen molar-refractivity contribution in [2.75, 3.05) is 19.8 Å². The van der Waals surface area contributed by atoms with Crippen LogP contribution in [0.2, 0.25) is 0 Å². The minimum absolute atomic E-state index is 0.0689. The van der Waals surface area contributed by atoms with Gasteiger partial charge in [0.2, 0.25) is 0 Å². The van der Waals surface area contributed by atoms with Crippen molar-refractivity contribution in [2.24, 2.45) is 0 Å². The lowest BCUT2D eigenvalue weighted by atomic mass is 9.95. The van der Waals surface area contributed by atoms with Crippen LogP contribution < -0.4 is 9.47 Å². The first-order valence-electron chi connectivity index (χ1n) is 12.2. The second-order valence-electron chi connectivity index (χ2n) is 8.52. The molecule has 1 aliphatic rings. The number of carbonyl (C=O) groups excluding carboxylic acids is 2. The number of aliphatic hydroxyl groups is 1. The van der Waals surface area contributed by atoms with Crippen molar-refractivity contribution in [1.82, 2.24) is 14.5 Å². The molecule has 0 spiro atoms. The molecule has 8 heteroatoms. The molecule has 1 aliphatic heterocycles. The molecule has 0 unspecified atom stereocenters.